The summed E-state index contributed by atoms with van der Waals surface area (Å²) in [6.07, 6.45) is 6.07. The van der Waals surface area contributed by atoms with E-state index in [1.54, 1.807) is 0 Å². The van der Waals surface area contributed by atoms with E-state index in [4.69, 9.17) is 20.8 Å². The standard InChI is InChI=1S/C24H36BrClNO2.BrH/c1-18(2)21-16-22(26)19(3)15-23(21)28-14-10-8-6-7-9-13-27(4,5)17-20-11-12-24(25)29-20;/h11-12,15-16,18H,6-10,13-14,17H2,1-5H3;1H/q+1;/p-1. The van der Waals surface area contributed by atoms with Crippen LogP contribution in [0.1, 0.15) is 68.8 Å². The Kier molecular flexibility index (Phi) is 12.1. The maximum atomic E-state index is 6.28. The topological polar surface area (TPSA) is 22.4 Å². The second-order valence-electron chi connectivity index (χ2n) is 8.93. The average molecular weight is 566 g/mol. The van der Waals surface area contributed by atoms with Gasteiger partial charge in [0.25, 0.3) is 0 Å². The predicted molar refractivity (Wildman–Crippen MR) is 126 cm³/mol. The summed E-state index contributed by atoms with van der Waals surface area (Å²) < 4.78 is 13.5. The van der Waals surface area contributed by atoms with Crippen molar-refractivity contribution in [2.45, 2.75) is 65.3 Å². The van der Waals surface area contributed by atoms with E-state index >= 15 is 0 Å². The number of furan rings is 1. The molecule has 0 fully saturated rings. The summed E-state index contributed by atoms with van der Waals surface area (Å²) in [6, 6.07) is 8.15. The maximum absolute atomic E-state index is 6.28. The van der Waals surface area contributed by atoms with Crippen LogP contribution in [0.2, 0.25) is 5.02 Å². The molecule has 1 aromatic heterocycles. The zero-order chi connectivity index (χ0) is 21.4. The van der Waals surface area contributed by atoms with Gasteiger partial charge in [-0.05, 0) is 83.4 Å². The van der Waals surface area contributed by atoms with Crippen LogP contribution in [0.3, 0.4) is 0 Å². The van der Waals surface area contributed by atoms with Gasteiger partial charge in [0.2, 0.25) is 0 Å². The highest BCUT2D eigenvalue weighted by Gasteiger charge is 2.17. The maximum Gasteiger partial charge on any atom is 0.169 e. The molecule has 0 bridgehead atoms. The van der Waals surface area contributed by atoms with Crippen molar-refractivity contribution in [1.82, 2.24) is 0 Å². The molecule has 170 valence electrons. The van der Waals surface area contributed by atoms with Crippen molar-refractivity contribution in [2.75, 3.05) is 27.2 Å². The summed E-state index contributed by atoms with van der Waals surface area (Å²) >= 11 is 9.65. The zero-order valence-corrected chi connectivity index (χ0v) is 22.9. The van der Waals surface area contributed by atoms with Crippen LogP contribution in [-0.4, -0.2) is 31.7 Å². The zero-order valence-electron chi connectivity index (χ0n) is 18.9. The van der Waals surface area contributed by atoms with E-state index in [0.29, 0.717) is 5.92 Å². The monoisotopic (exact) mass is 563 g/mol. The third-order valence-electron chi connectivity index (χ3n) is 5.29. The minimum Gasteiger partial charge on any atom is -1.00 e. The molecule has 0 N–H and O–H groups in total. The number of unbranched alkanes of at least 4 members (excludes halogenated alkanes) is 4. The highest BCUT2D eigenvalue weighted by atomic mass is 79.9. The Bertz CT molecular complexity index is 775. The van der Waals surface area contributed by atoms with Crippen molar-refractivity contribution < 1.29 is 30.6 Å². The van der Waals surface area contributed by atoms with Gasteiger partial charge in [0, 0.05) is 5.02 Å². The molecule has 2 rings (SSSR count). The van der Waals surface area contributed by atoms with Gasteiger partial charge in [0.05, 0.1) is 27.2 Å². The lowest BCUT2D eigenvalue weighted by atomic mass is 10.0. The largest absolute Gasteiger partial charge is 1.00 e. The van der Waals surface area contributed by atoms with E-state index in [-0.39, 0.29) is 17.0 Å². The predicted octanol–water partition coefficient (Wildman–Crippen LogP) is 4.74. The summed E-state index contributed by atoms with van der Waals surface area (Å²) in [4.78, 5) is 0. The fourth-order valence-corrected chi connectivity index (χ4v) is 4.05. The molecular weight excluding hydrogens is 530 g/mol. The van der Waals surface area contributed by atoms with Crippen LogP contribution in [0.25, 0.3) is 0 Å². The molecule has 0 radical (unpaired) electrons. The number of hydrogen-bond acceptors (Lipinski definition) is 2. The van der Waals surface area contributed by atoms with Crippen LogP contribution in [0.5, 0.6) is 5.75 Å². The first-order valence-electron chi connectivity index (χ1n) is 10.7. The van der Waals surface area contributed by atoms with E-state index in [2.05, 4.69) is 62.1 Å². The molecule has 0 spiro atoms. The lowest BCUT2D eigenvalue weighted by Gasteiger charge is -2.28. The van der Waals surface area contributed by atoms with E-state index in [1.165, 1.54) is 31.2 Å². The van der Waals surface area contributed by atoms with Crippen LogP contribution in [0, 0.1) is 6.92 Å². The smallest absolute Gasteiger partial charge is 0.169 e. The number of halogens is 3. The molecule has 0 saturated carbocycles. The summed E-state index contributed by atoms with van der Waals surface area (Å²) in [5.41, 5.74) is 2.28. The third-order valence-corrected chi connectivity index (χ3v) is 6.12. The molecule has 6 heteroatoms. The normalized spacial score (nSPS) is 11.6. The van der Waals surface area contributed by atoms with Crippen molar-refractivity contribution >= 4 is 27.5 Å². The molecular formula is C24H36Br2ClNO2. The number of nitrogens with zero attached hydrogens (tertiary/aromatic N) is 1. The third kappa shape index (κ3) is 9.33. The summed E-state index contributed by atoms with van der Waals surface area (Å²) in [6.45, 7) is 9.26. The van der Waals surface area contributed by atoms with Crippen LogP contribution in [0.15, 0.2) is 33.4 Å². The first-order valence-corrected chi connectivity index (χ1v) is 11.8. The van der Waals surface area contributed by atoms with E-state index in [1.807, 2.05) is 13.0 Å². The molecule has 0 aliphatic rings. The number of benzene rings is 1. The van der Waals surface area contributed by atoms with Gasteiger partial charge in [-0.3, -0.25) is 0 Å². The van der Waals surface area contributed by atoms with Crippen molar-refractivity contribution in [3.05, 3.63) is 50.8 Å². The Labute approximate surface area is 206 Å². The van der Waals surface area contributed by atoms with Crippen molar-refractivity contribution in [1.29, 1.82) is 0 Å². The number of ether oxygens (including phenoxy) is 1. The number of aryl methyl sites for hydroxylation is 1. The van der Waals surface area contributed by atoms with Gasteiger partial charge in [0.15, 0.2) is 10.4 Å². The van der Waals surface area contributed by atoms with Gasteiger partial charge in [-0.25, -0.2) is 0 Å². The summed E-state index contributed by atoms with van der Waals surface area (Å²) in [5, 5.41) is 0.821. The molecule has 0 aliphatic heterocycles. The quantitative estimate of drug-likeness (QED) is 0.274. The van der Waals surface area contributed by atoms with E-state index in [9.17, 15) is 0 Å². The fraction of sp³-hybridized carbons (Fsp3) is 0.583. The molecule has 1 aromatic carbocycles. The lowest BCUT2D eigenvalue weighted by Crippen LogP contribution is -3.00. The van der Waals surface area contributed by atoms with Gasteiger partial charge in [-0.1, -0.05) is 38.3 Å². The first-order chi connectivity index (χ1) is 13.7. The Morgan fingerprint density at radius 3 is 2.37 bits per heavy atom. The van der Waals surface area contributed by atoms with Gasteiger partial charge in [0.1, 0.15) is 12.3 Å². The Hall–Kier alpha value is -0.490. The van der Waals surface area contributed by atoms with E-state index in [0.717, 1.165) is 57.4 Å². The van der Waals surface area contributed by atoms with Gasteiger partial charge in [-0.2, -0.15) is 0 Å². The average Bonchev–Trinajstić information content (AvgIpc) is 3.03. The highest BCUT2D eigenvalue weighted by molar-refractivity contribution is 9.10. The SMILES string of the molecule is Cc1cc(OCCCCCCC[N+](C)(C)Cc2ccc(Br)o2)c(C(C)C)cc1Cl.[Br-]. The van der Waals surface area contributed by atoms with Crippen LogP contribution < -0.4 is 21.7 Å². The van der Waals surface area contributed by atoms with Crippen LogP contribution in [-0.2, 0) is 6.54 Å². The number of hydrogen-bond donors (Lipinski definition) is 0. The van der Waals surface area contributed by atoms with Gasteiger partial charge >= 0.3 is 0 Å². The molecule has 1 heterocycles. The number of rotatable bonds is 12. The molecule has 0 saturated heterocycles. The summed E-state index contributed by atoms with van der Waals surface area (Å²) in [7, 11) is 4.54. The molecule has 0 atom stereocenters. The van der Waals surface area contributed by atoms with Gasteiger partial charge < -0.3 is 30.6 Å². The van der Waals surface area contributed by atoms with Crippen LogP contribution in [0.4, 0.5) is 0 Å². The molecule has 0 aliphatic carbocycles. The lowest BCUT2D eigenvalue weighted by molar-refractivity contribution is -0.904. The van der Waals surface area contributed by atoms with Crippen molar-refractivity contribution in [2.24, 2.45) is 0 Å². The molecule has 2 aromatic rings. The highest BCUT2D eigenvalue weighted by Crippen LogP contribution is 2.32. The number of quaternary nitrogens is 1. The van der Waals surface area contributed by atoms with Gasteiger partial charge in [-0.15, -0.1) is 0 Å². The molecule has 0 unspecified atom stereocenters. The van der Waals surface area contributed by atoms with Crippen molar-refractivity contribution in [3.8, 4) is 5.75 Å². The Balaban J connectivity index is 0.00000450. The minimum atomic E-state index is 0. The first kappa shape index (κ1) is 27.5. The van der Waals surface area contributed by atoms with E-state index < -0.39 is 0 Å². The Morgan fingerprint density at radius 2 is 1.73 bits per heavy atom. The minimum absolute atomic E-state index is 0. The second kappa shape index (κ2) is 13.1. The Morgan fingerprint density at radius 1 is 1.07 bits per heavy atom. The second-order valence-corrected chi connectivity index (χ2v) is 10.1. The molecule has 30 heavy (non-hydrogen) atoms. The summed E-state index contributed by atoms with van der Waals surface area (Å²) in [5.74, 6) is 2.44. The molecule has 3 nitrogen and oxygen atoms in total. The molecule has 0 amide bonds. The van der Waals surface area contributed by atoms with Crippen LogP contribution >= 0.6 is 27.5 Å². The fourth-order valence-electron chi connectivity index (χ4n) is 3.54. The van der Waals surface area contributed by atoms with Crippen molar-refractivity contribution in [3.63, 3.8) is 0 Å².